The zero-order chi connectivity index (χ0) is 15.4. The van der Waals surface area contributed by atoms with Crippen LogP contribution in [-0.2, 0) is 6.54 Å². The van der Waals surface area contributed by atoms with E-state index in [0.29, 0.717) is 23.7 Å². The highest BCUT2D eigenvalue weighted by Crippen LogP contribution is 2.23. The SMILES string of the molecule is CCN(Cc1cccc(C)n1)C(=O)c1cc(Cl)ccc1Br. The van der Waals surface area contributed by atoms with Gasteiger partial charge < -0.3 is 4.90 Å². The predicted molar refractivity (Wildman–Crippen MR) is 88.5 cm³/mol. The van der Waals surface area contributed by atoms with Crippen LogP contribution < -0.4 is 0 Å². The van der Waals surface area contributed by atoms with Crippen molar-refractivity contribution in [2.45, 2.75) is 20.4 Å². The van der Waals surface area contributed by atoms with Crippen molar-refractivity contribution in [3.05, 3.63) is 62.8 Å². The maximum Gasteiger partial charge on any atom is 0.255 e. The summed E-state index contributed by atoms with van der Waals surface area (Å²) in [5.41, 5.74) is 2.39. The van der Waals surface area contributed by atoms with Gasteiger partial charge in [-0.2, -0.15) is 0 Å². The van der Waals surface area contributed by atoms with Crippen molar-refractivity contribution < 1.29 is 4.79 Å². The number of hydrogen-bond donors (Lipinski definition) is 0. The van der Waals surface area contributed by atoms with Crippen LogP contribution in [0.1, 0.15) is 28.7 Å². The predicted octanol–water partition coefficient (Wildman–Crippen LogP) is 4.47. The normalized spacial score (nSPS) is 10.5. The van der Waals surface area contributed by atoms with Crippen LogP contribution in [0, 0.1) is 6.92 Å². The van der Waals surface area contributed by atoms with Crippen LogP contribution in [0.15, 0.2) is 40.9 Å². The fourth-order valence-corrected chi connectivity index (χ4v) is 2.63. The van der Waals surface area contributed by atoms with Gasteiger partial charge in [-0.05, 0) is 60.1 Å². The second-order valence-corrected chi connectivity index (χ2v) is 6.00. The molecule has 0 spiro atoms. The number of nitrogens with zero attached hydrogens (tertiary/aromatic N) is 2. The molecule has 5 heteroatoms. The van der Waals surface area contributed by atoms with Gasteiger partial charge in [0.2, 0.25) is 0 Å². The number of aryl methyl sites for hydroxylation is 1. The molecule has 0 unspecified atom stereocenters. The molecule has 0 bridgehead atoms. The Morgan fingerprint density at radius 2 is 2.10 bits per heavy atom. The first-order valence-electron chi connectivity index (χ1n) is 6.68. The third-order valence-electron chi connectivity index (χ3n) is 3.13. The molecule has 2 rings (SSSR count). The number of amides is 1. The third-order valence-corrected chi connectivity index (χ3v) is 4.05. The van der Waals surface area contributed by atoms with Gasteiger partial charge in [-0.1, -0.05) is 17.7 Å². The van der Waals surface area contributed by atoms with Crippen LogP contribution in [0.4, 0.5) is 0 Å². The number of halogens is 2. The minimum atomic E-state index is -0.0600. The summed E-state index contributed by atoms with van der Waals surface area (Å²) in [5.74, 6) is -0.0600. The maximum absolute atomic E-state index is 12.6. The molecule has 0 saturated carbocycles. The summed E-state index contributed by atoms with van der Waals surface area (Å²) in [6.45, 7) is 4.98. The summed E-state index contributed by atoms with van der Waals surface area (Å²) >= 11 is 9.39. The van der Waals surface area contributed by atoms with Crippen LogP contribution in [0.3, 0.4) is 0 Å². The van der Waals surface area contributed by atoms with E-state index in [2.05, 4.69) is 20.9 Å². The number of hydrogen-bond acceptors (Lipinski definition) is 2. The van der Waals surface area contributed by atoms with E-state index in [4.69, 9.17) is 11.6 Å². The van der Waals surface area contributed by atoms with Gasteiger partial charge in [-0.25, -0.2) is 0 Å². The van der Waals surface area contributed by atoms with Crippen molar-refractivity contribution in [3.8, 4) is 0 Å². The summed E-state index contributed by atoms with van der Waals surface area (Å²) in [4.78, 5) is 18.8. The molecule has 1 amide bonds. The van der Waals surface area contributed by atoms with Crippen molar-refractivity contribution in [2.24, 2.45) is 0 Å². The molecule has 0 fully saturated rings. The van der Waals surface area contributed by atoms with Gasteiger partial charge in [0.05, 0.1) is 17.8 Å². The molecule has 0 aliphatic rings. The first kappa shape index (κ1) is 16.0. The average molecular weight is 368 g/mol. The molecule has 0 atom stereocenters. The van der Waals surface area contributed by atoms with E-state index in [1.807, 2.05) is 32.0 Å². The van der Waals surface area contributed by atoms with Crippen LogP contribution in [-0.4, -0.2) is 22.3 Å². The second-order valence-electron chi connectivity index (χ2n) is 4.71. The number of pyridine rings is 1. The van der Waals surface area contributed by atoms with Crippen LogP contribution >= 0.6 is 27.5 Å². The Hall–Kier alpha value is -1.39. The fourth-order valence-electron chi connectivity index (χ4n) is 2.04. The van der Waals surface area contributed by atoms with Crippen molar-refractivity contribution in [2.75, 3.05) is 6.54 Å². The molecular weight excluding hydrogens is 352 g/mol. The number of rotatable bonds is 4. The molecule has 1 aromatic heterocycles. The molecule has 0 saturated heterocycles. The molecular formula is C16H16BrClN2O. The van der Waals surface area contributed by atoms with Gasteiger partial charge in [-0.15, -0.1) is 0 Å². The van der Waals surface area contributed by atoms with Crippen LogP contribution in [0.5, 0.6) is 0 Å². The topological polar surface area (TPSA) is 33.2 Å². The highest BCUT2D eigenvalue weighted by Gasteiger charge is 2.18. The lowest BCUT2D eigenvalue weighted by Crippen LogP contribution is -2.31. The lowest BCUT2D eigenvalue weighted by molar-refractivity contribution is 0.0749. The first-order chi connectivity index (χ1) is 10.0. The smallest absolute Gasteiger partial charge is 0.255 e. The Bertz CT molecular complexity index is 660. The minimum Gasteiger partial charge on any atom is -0.333 e. The molecule has 2 aromatic rings. The zero-order valence-corrected chi connectivity index (χ0v) is 14.3. The quantitative estimate of drug-likeness (QED) is 0.799. The second kappa shape index (κ2) is 7.05. The summed E-state index contributed by atoms with van der Waals surface area (Å²) in [6.07, 6.45) is 0. The maximum atomic E-state index is 12.6. The molecule has 1 heterocycles. The van der Waals surface area contributed by atoms with E-state index in [1.165, 1.54) is 0 Å². The number of carbonyl (C=O) groups excluding carboxylic acids is 1. The van der Waals surface area contributed by atoms with E-state index < -0.39 is 0 Å². The average Bonchev–Trinajstić information content (AvgIpc) is 2.46. The highest BCUT2D eigenvalue weighted by atomic mass is 79.9. The number of benzene rings is 1. The number of aromatic nitrogens is 1. The molecule has 3 nitrogen and oxygen atoms in total. The Balaban J connectivity index is 2.24. The first-order valence-corrected chi connectivity index (χ1v) is 7.85. The molecule has 0 aliphatic carbocycles. The van der Waals surface area contributed by atoms with E-state index >= 15 is 0 Å². The molecule has 21 heavy (non-hydrogen) atoms. The summed E-state index contributed by atoms with van der Waals surface area (Å²) in [6, 6.07) is 11.0. The van der Waals surface area contributed by atoms with Crippen molar-refractivity contribution in [1.29, 1.82) is 0 Å². The standard InChI is InChI=1S/C16H16BrClN2O/c1-3-20(10-13-6-4-5-11(2)19-13)16(21)14-9-12(18)7-8-15(14)17/h4-9H,3,10H2,1-2H3. The lowest BCUT2D eigenvalue weighted by atomic mass is 10.2. The Morgan fingerprint density at radius 1 is 1.33 bits per heavy atom. The molecule has 0 aliphatic heterocycles. The summed E-state index contributed by atoms with van der Waals surface area (Å²) < 4.78 is 0.743. The van der Waals surface area contributed by atoms with Crippen LogP contribution in [0.2, 0.25) is 5.02 Å². The summed E-state index contributed by atoms with van der Waals surface area (Å²) in [5, 5.41) is 0.547. The van der Waals surface area contributed by atoms with Gasteiger partial charge in [0.25, 0.3) is 5.91 Å². The molecule has 0 N–H and O–H groups in total. The van der Waals surface area contributed by atoms with Crippen LogP contribution in [0.25, 0.3) is 0 Å². The van der Waals surface area contributed by atoms with E-state index in [1.54, 1.807) is 23.1 Å². The van der Waals surface area contributed by atoms with Gasteiger partial charge in [0.15, 0.2) is 0 Å². The molecule has 0 radical (unpaired) electrons. The molecule has 110 valence electrons. The lowest BCUT2D eigenvalue weighted by Gasteiger charge is -2.21. The van der Waals surface area contributed by atoms with Crippen molar-refractivity contribution in [1.82, 2.24) is 9.88 Å². The van der Waals surface area contributed by atoms with E-state index in [9.17, 15) is 4.79 Å². The van der Waals surface area contributed by atoms with E-state index in [0.717, 1.165) is 15.9 Å². The minimum absolute atomic E-state index is 0.0600. The van der Waals surface area contributed by atoms with E-state index in [-0.39, 0.29) is 5.91 Å². The zero-order valence-electron chi connectivity index (χ0n) is 11.9. The van der Waals surface area contributed by atoms with Crippen molar-refractivity contribution in [3.63, 3.8) is 0 Å². The van der Waals surface area contributed by atoms with Gasteiger partial charge >= 0.3 is 0 Å². The molecule has 1 aromatic carbocycles. The Morgan fingerprint density at radius 3 is 2.76 bits per heavy atom. The van der Waals surface area contributed by atoms with Gasteiger partial charge in [0.1, 0.15) is 0 Å². The Kier molecular flexibility index (Phi) is 5.37. The van der Waals surface area contributed by atoms with Gasteiger partial charge in [0, 0.05) is 21.7 Å². The largest absolute Gasteiger partial charge is 0.333 e. The third kappa shape index (κ3) is 4.05. The van der Waals surface area contributed by atoms with Gasteiger partial charge in [-0.3, -0.25) is 9.78 Å². The monoisotopic (exact) mass is 366 g/mol. The van der Waals surface area contributed by atoms with Crippen molar-refractivity contribution >= 4 is 33.4 Å². The highest BCUT2D eigenvalue weighted by molar-refractivity contribution is 9.10. The summed E-state index contributed by atoms with van der Waals surface area (Å²) in [7, 11) is 0. The Labute approximate surface area is 138 Å². The number of carbonyl (C=O) groups is 1. The fraction of sp³-hybridized carbons (Fsp3) is 0.250.